The number of hydrogen-bond donors (Lipinski definition) is 1. The molecule has 1 aliphatic heterocycles. The lowest BCUT2D eigenvalue weighted by atomic mass is 9.52. The van der Waals surface area contributed by atoms with Crippen molar-refractivity contribution in [3.05, 3.63) is 39.5 Å². The highest BCUT2D eigenvalue weighted by molar-refractivity contribution is 14.1. The minimum absolute atomic E-state index is 0.398. The Bertz CT molecular complexity index is 599. The summed E-state index contributed by atoms with van der Waals surface area (Å²) in [7, 11) is 0. The summed E-state index contributed by atoms with van der Waals surface area (Å²) in [6, 6.07) is 6.84. The molecule has 0 spiro atoms. The van der Waals surface area contributed by atoms with Crippen LogP contribution in [-0.4, -0.2) is 29.1 Å². The maximum Gasteiger partial charge on any atom is 0.115 e. The fraction of sp³-hybridized carbons (Fsp3) is 0.579. The van der Waals surface area contributed by atoms with Crippen LogP contribution in [0.5, 0.6) is 5.75 Å². The number of hydrogen-bond acceptors (Lipinski definition) is 2. The van der Waals surface area contributed by atoms with Crippen LogP contribution in [0.3, 0.4) is 0 Å². The minimum atomic E-state index is 0.398. The van der Waals surface area contributed by atoms with Gasteiger partial charge in [-0.25, -0.2) is 0 Å². The number of phenols is 1. The zero-order valence-electron chi connectivity index (χ0n) is 13.0. The van der Waals surface area contributed by atoms with Crippen LogP contribution in [0.15, 0.2) is 28.4 Å². The van der Waals surface area contributed by atoms with Crippen LogP contribution in [0, 0.1) is 5.92 Å². The van der Waals surface area contributed by atoms with E-state index in [1.165, 1.54) is 44.2 Å². The smallest absolute Gasteiger partial charge is 0.115 e. The maximum absolute atomic E-state index is 9.93. The molecule has 2 fully saturated rings. The van der Waals surface area contributed by atoms with Crippen molar-refractivity contribution in [3.63, 3.8) is 0 Å². The molecule has 1 aromatic carbocycles. The largest absolute Gasteiger partial charge is 0.508 e. The van der Waals surface area contributed by atoms with Crippen LogP contribution in [0.4, 0.5) is 0 Å². The molecule has 2 nitrogen and oxygen atoms in total. The second kappa shape index (κ2) is 5.82. The first-order valence-corrected chi connectivity index (χ1v) is 9.81. The number of likely N-dealkylation sites (tertiary alicyclic amines) is 1. The average Bonchev–Trinajstić information content (AvgIpc) is 2.53. The van der Waals surface area contributed by atoms with Crippen LogP contribution in [0.1, 0.15) is 43.2 Å². The monoisotopic (exact) mass is 409 g/mol. The van der Waals surface area contributed by atoms with E-state index in [9.17, 15) is 5.11 Å². The molecule has 3 heteroatoms. The lowest BCUT2D eigenvalue weighted by molar-refractivity contribution is -0.00513. The number of nitrogens with zero attached hydrogens (tertiary/aromatic N) is 1. The van der Waals surface area contributed by atoms with Gasteiger partial charge >= 0.3 is 0 Å². The van der Waals surface area contributed by atoms with E-state index < -0.39 is 0 Å². The first-order valence-electron chi connectivity index (χ1n) is 8.56. The van der Waals surface area contributed by atoms with Crippen molar-refractivity contribution in [2.45, 2.75) is 50.0 Å². The van der Waals surface area contributed by atoms with E-state index in [2.05, 4.69) is 43.7 Å². The van der Waals surface area contributed by atoms with Crippen LogP contribution >= 0.6 is 22.6 Å². The van der Waals surface area contributed by atoms with Crippen LogP contribution in [-0.2, 0) is 11.8 Å². The van der Waals surface area contributed by atoms with Gasteiger partial charge < -0.3 is 5.11 Å². The van der Waals surface area contributed by atoms with E-state index in [0.717, 1.165) is 18.9 Å². The Morgan fingerprint density at radius 1 is 1.32 bits per heavy atom. The van der Waals surface area contributed by atoms with Crippen molar-refractivity contribution in [2.75, 3.05) is 13.1 Å². The molecule has 4 rings (SSSR count). The summed E-state index contributed by atoms with van der Waals surface area (Å²) in [4.78, 5) is 2.69. The van der Waals surface area contributed by atoms with E-state index in [1.54, 1.807) is 5.56 Å². The fourth-order valence-corrected chi connectivity index (χ4v) is 5.73. The molecule has 118 valence electrons. The molecule has 22 heavy (non-hydrogen) atoms. The molecule has 2 aliphatic carbocycles. The summed E-state index contributed by atoms with van der Waals surface area (Å²) in [5.41, 5.74) is 3.37. The number of halogens is 1. The number of phenolic OH excluding ortho intramolecular Hbond substituents is 1. The Labute approximate surface area is 146 Å². The number of piperidine rings is 1. The third-order valence-corrected chi connectivity index (χ3v) is 6.87. The molecule has 1 saturated heterocycles. The molecule has 3 aliphatic rings. The quantitative estimate of drug-likeness (QED) is 0.733. The zero-order valence-corrected chi connectivity index (χ0v) is 15.1. The van der Waals surface area contributed by atoms with E-state index >= 15 is 0 Å². The first kappa shape index (κ1) is 15.0. The second-order valence-electron chi connectivity index (χ2n) is 7.23. The van der Waals surface area contributed by atoms with Crippen molar-refractivity contribution in [1.82, 2.24) is 4.90 Å². The Kier molecular flexibility index (Phi) is 3.97. The third-order valence-electron chi connectivity index (χ3n) is 6.36. The van der Waals surface area contributed by atoms with Gasteiger partial charge in [-0.1, -0.05) is 47.6 Å². The van der Waals surface area contributed by atoms with Gasteiger partial charge in [0, 0.05) is 18.0 Å². The molecule has 1 heterocycles. The summed E-state index contributed by atoms with van der Waals surface area (Å²) >= 11 is 2.32. The van der Waals surface area contributed by atoms with Crippen molar-refractivity contribution in [1.29, 1.82) is 0 Å². The Morgan fingerprint density at radius 2 is 2.23 bits per heavy atom. The van der Waals surface area contributed by atoms with Gasteiger partial charge in [0.05, 0.1) is 0 Å². The van der Waals surface area contributed by atoms with Crippen molar-refractivity contribution >= 4 is 22.6 Å². The zero-order chi connectivity index (χ0) is 15.2. The minimum Gasteiger partial charge on any atom is -0.508 e. The molecule has 0 aromatic heterocycles. The van der Waals surface area contributed by atoms with Gasteiger partial charge in [0.1, 0.15) is 5.75 Å². The second-order valence-corrected chi connectivity index (χ2v) is 7.95. The molecule has 1 saturated carbocycles. The standard InChI is InChI=1S/C19H24INO/c20-9-3-10-21-11-8-19-7-2-1-4-17(19)18(21)13-14-12-15(22)5-6-16(14)19/h3,5-6,9,12,17-18,22H,1-2,4,7-8,10-11,13H2/b9-3+/t17-,18+,19-/m0/s1. The summed E-state index contributed by atoms with van der Waals surface area (Å²) in [6.45, 7) is 2.30. The van der Waals surface area contributed by atoms with Gasteiger partial charge in [0.2, 0.25) is 0 Å². The number of aromatic hydroxyl groups is 1. The highest BCUT2D eigenvalue weighted by Gasteiger charge is 2.53. The van der Waals surface area contributed by atoms with Crippen LogP contribution < -0.4 is 0 Å². The summed E-state index contributed by atoms with van der Waals surface area (Å²) in [5, 5.41) is 9.93. The predicted octanol–water partition coefficient (Wildman–Crippen LogP) is 4.40. The van der Waals surface area contributed by atoms with Gasteiger partial charge in [-0.3, -0.25) is 4.90 Å². The van der Waals surface area contributed by atoms with E-state index in [-0.39, 0.29) is 0 Å². The average molecular weight is 409 g/mol. The fourth-order valence-electron chi connectivity index (χ4n) is 5.50. The van der Waals surface area contributed by atoms with Crippen molar-refractivity contribution in [2.24, 2.45) is 5.92 Å². The molecule has 0 amide bonds. The normalized spacial score (nSPS) is 34.4. The van der Waals surface area contributed by atoms with E-state index in [4.69, 9.17) is 0 Å². The molecule has 0 radical (unpaired) electrons. The molecule has 2 bridgehead atoms. The molecule has 1 aromatic rings. The highest BCUT2D eigenvalue weighted by Crippen LogP contribution is 2.55. The van der Waals surface area contributed by atoms with Gasteiger partial charge in [-0.05, 0) is 65.5 Å². The van der Waals surface area contributed by atoms with Crippen molar-refractivity contribution < 1.29 is 5.11 Å². The van der Waals surface area contributed by atoms with E-state index in [0.29, 0.717) is 17.2 Å². The Balaban J connectivity index is 1.78. The van der Waals surface area contributed by atoms with Crippen LogP contribution in [0.25, 0.3) is 0 Å². The maximum atomic E-state index is 9.93. The number of benzene rings is 1. The summed E-state index contributed by atoms with van der Waals surface area (Å²) < 4.78 is 2.14. The van der Waals surface area contributed by atoms with Crippen LogP contribution in [0.2, 0.25) is 0 Å². The molecule has 0 unspecified atom stereocenters. The van der Waals surface area contributed by atoms with Gasteiger partial charge in [-0.2, -0.15) is 0 Å². The molecule has 3 atom stereocenters. The predicted molar refractivity (Wildman–Crippen MR) is 98.6 cm³/mol. The number of rotatable bonds is 2. The highest BCUT2D eigenvalue weighted by atomic mass is 127. The first-order chi connectivity index (χ1) is 10.7. The molecular formula is C19H24INO. The summed E-state index contributed by atoms with van der Waals surface area (Å²) in [6.07, 6.45) is 10.2. The topological polar surface area (TPSA) is 23.5 Å². The molecular weight excluding hydrogens is 385 g/mol. The number of fused-ring (bicyclic) bond motifs is 1. The third kappa shape index (κ3) is 2.23. The lowest BCUT2D eigenvalue weighted by Gasteiger charge is -2.59. The summed E-state index contributed by atoms with van der Waals surface area (Å²) in [5.74, 6) is 1.25. The van der Waals surface area contributed by atoms with Crippen molar-refractivity contribution in [3.8, 4) is 5.75 Å². The lowest BCUT2D eigenvalue weighted by Crippen LogP contribution is -2.60. The van der Waals surface area contributed by atoms with E-state index in [1.807, 2.05) is 12.1 Å². The van der Waals surface area contributed by atoms with Gasteiger partial charge in [0.15, 0.2) is 0 Å². The SMILES string of the molecule is Oc1ccc2c(c1)C[C@@H]1[C@@H]3CCCC[C@]23CCN1C/C=C/I. The van der Waals surface area contributed by atoms with Gasteiger partial charge in [-0.15, -0.1) is 0 Å². The van der Waals surface area contributed by atoms with Gasteiger partial charge in [0.25, 0.3) is 0 Å². The molecule has 1 N–H and O–H groups in total. The Hall–Kier alpha value is -0.550. The Morgan fingerprint density at radius 3 is 3.09 bits per heavy atom.